The summed E-state index contributed by atoms with van der Waals surface area (Å²) in [4.78, 5) is 22.5. The molecule has 5 rings (SSSR count). The third-order valence-electron chi connectivity index (χ3n) is 4.16. The van der Waals surface area contributed by atoms with E-state index in [0.29, 0.717) is 17.3 Å². The lowest BCUT2D eigenvalue weighted by atomic mass is 10.2. The Labute approximate surface area is 154 Å². The van der Waals surface area contributed by atoms with Crippen molar-refractivity contribution in [3.63, 3.8) is 0 Å². The SMILES string of the molecule is c1ccc(-c2nccc(-c3ncc4ncc(-c5ccn[nH]5)cc4n3)n2)cc1. The largest absolute Gasteiger partial charge is 0.278 e. The fourth-order valence-corrected chi connectivity index (χ4v) is 2.81. The van der Waals surface area contributed by atoms with E-state index < -0.39 is 0 Å². The lowest BCUT2D eigenvalue weighted by Gasteiger charge is -2.05. The molecule has 0 aliphatic heterocycles. The summed E-state index contributed by atoms with van der Waals surface area (Å²) in [5.74, 6) is 1.17. The molecule has 0 aliphatic rings. The van der Waals surface area contributed by atoms with Crippen LogP contribution in [0.2, 0.25) is 0 Å². The van der Waals surface area contributed by atoms with Gasteiger partial charge in [0.1, 0.15) is 11.2 Å². The van der Waals surface area contributed by atoms with Gasteiger partial charge < -0.3 is 0 Å². The highest BCUT2D eigenvalue weighted by molar-refractivity contribution is 5.80. The van der Waals surface area contributed by atoms with Gasteiger partial charge in [0, 0.05) is 29.7 Å². The Morgan fingerprint density at radius 1 is 0.667 bits per heavy atom. The summed E-state index contributed by atoms with van der Waals surface area (Å²) in [7, 11) is 0. The lowest BCUT2D eigenvalue weighted by Crippen LogP contribution is -1.97. The predicted octanol–water partition coefficient (Wildman–Crippen LogP) is 3.54. The Morgan fingerprint density at radius 2 is 1.59 bits per heavy atom. The Hall–Kier alpha value is -4.00. The van der Waals surface area contributed by atoms with Gasteiger partial charge in [-0.05, 0) is 18.2 Å². The molecule has 7 heteroatoms. The topological polar surface area (TPSA) is 93.1 Å². The summed E-state index contributed by atoms with van der Waals surface area (Å²) >= 11 is 0. The van der Waals surface area contributed by atoms with Gasteiger partial charge >= 0.3 is 0 Å². The van der Waals surface area contributed by atoms with Crippen LogP contribution in [0.15, 0.2) is 73.3 Å². The van der Waals surface area contributed by atoms with Crippen molar-refractivity contribution in [2.75, 3.05) is 0 Å². The second-order valence-corrected chi connectivity index (χ2v) is 5.92. The zero-order valence-corrected chi connectivity index (χ0v) is 14.1. The van der Waals surface area contributed by atoms with Gasteiger partial charge in [0.15, 0.2) is 11.6 Å². The van der Waals surface area contributed by atoms with E-state index in [0.717, 1.165) is 27.9 Å². The summed E-state index contributed by atoms with van der Waals surface area (Å²) < 4.78 is 0. The minimum atomic E-state index is 0.533. The number of aromatic amines is 1. The highest BCUT2D eigenvalue weighted by Gasteiger charge is 2.09. The molecule has 0 fully saturated rings. The number of pyridine rings is 1. The van der Waals surface area contributed by atoms with Crippen LogP contribution in [-0.2, 0) is 0 Å². The van der Waals surface area contributed by atoms with Crippen molar-refractivity contribution in [3.05, 3.63) is 73.3 Å². The van der Waals surface area contributed by atoms with Gasteiger partial charge in [-0.2, -0.15) is 5.10 Å². The van der Waals surface area contributed by atoms with Gasteiger partial charge in [0.25, 0.3) is 0 Å². The molecule has 0 saturated carbocycles. The van der Waals surface area contributed by atoms with Crippen LogP contribution < -0.4 is 0 Å². The highest BCUT2D eigenvalue weighted by Crippen LogP contribution is 2.22. The van der Waals surface area contributed by atoms with Gasteiger partial charge in [0.2, 0.25) is 0 Å². The number of H-pyrrole nitrogens is 1. The molecule has 1 aromatic carbocycles. The van der Waals surface area contributed by atoms with Crippen molar-refractivity contribution >= 4 is 11.0 Å². The van der Waals surface area contributed by atoms with Crippen molar-refractivity contribution in [2.45, 2.75) is 0 Å². The normalized spacial score (nSPS) is 11.0. The fraction of sp³-hybridized carbons (Fsp3) is 0. The van der Waals surface area contributed by atoms with E-state index in [9.17, 15) is 0 Å². The number of aromatic nitrogens is 7. The smallest absolute Gasteiger partial charge is 0.178 e. The first-order valence-corrected chi connectivity index (χ1v) is 8.38. The number of rotatable bonds is 3. The lowest BCUT2D eigenvalue weighted by molar-refractivity contribution is 1.09. The zero-order valence-electron chi connectivity index (χ0n) is 14.1. The maximum absolute atomic E-state index is 4.65. The first-order chi connectivity index (χ1) is 13.4. The van der Waals surface area contributed by atoms with Crippen molar-refractivity contribution in [2.24, 2.45) is 0 Å². The van der Waals surface area contributed by atoms with Crippen molar-refractivity contribution < 1.29 is 0 Å². The van der Waals surface area contributed by atoms with Crippen LogP contribution in [0.4, 0.5) is 0 Å². The number of benzene rings is 1. The van der Waals surface area contributed by atoms with E-state index >= 15 is 0 Å². The molecule has 5 aromatic rings. The molecule has 0 bridgehead atoms. The van der Waals surface area contributed by atoms with Gasteiger partial charge in [-0.25, -0.2) is 19.9 Å². The molecule has 128 valence electrons. The molecule has 0 unspecified atom stereocenters. The number of fused-ring (bicyclic) bond motifs is 1. The second kappa shape index (κ2) is 6.38. The van der Waals surface area contributed by atoms with E-state index in [4.69, 9.17) is 0 Å². The third kappa shape index (κ3) is 2.91. The quantitative estimate of drug-likeness (QED) is 0.534. The van der Waals surface area contributed by atoms with E-state index in [1.165, 1.54) is 0 Å². The molecule has 0 saturated heterocycles. The molecule has 4 heterocycles. The van der Waals surface area contributed by atoms with Gasteiger partial charge in [0.05, 0.1) is 17.4 Å². The molecule has 0 amide bonds. The Balaban J connectivity index is 1.59. The molecule has 0 aliphatic carbocycles. The van der Waals surface area contributed by atoms with Crippen LogP contribution >= 0.6 is 0 Å². The summed E-state index contributed by atoms with van der Waals surface area (Å²) in [5.41, 5.74) is 4.88. The Morgan fingerprint density at radius 3 is 2.44 bits per heavy atom. The molecule has 1 N–H and O–H groups in total. The number of hydrogen-bond donors (Lipinski definition) is 1. The molecule has 0 radical (unpaired) electrons. The minimum absolute atomic E-state index is 0.533. The Bertz CT molecular complexity index is 1220. The van der Waals surface area contributed by atoms with E-state index in [2.05, 4.69) is 35.1 Å². The third-order valence-corrected chi connectivity index (χ3v) is 4.16. The summed E-state index contributed by atoms with van der Waals surface area (Å²) in [6.45, 7) is 0. The van der Waals surface area contributed by atoms with Crippen molar-refractivity contribution in [3.8, 4) is 34.2 Å². The average Bonchev–Trinajstić information content (AvgIpc) is 3.29. The Kier molecular flexibility index (Phi) is 3.61. The highest BCUT2D eigenvalue weighted by atomic mass is 15.1. The van der Waals surface area contributed by atoms with Gasteiger partial charge in [-0.3, -0.25) is 10.1 Å². The van der Waals surface area contributed by atoms with Crippen LogP contribution in [0.25, 0.3) is 45.2 Å². The zero-order chi connectivity index (χ0) is 18.1. The molecule has 0 spiro atoms. The van der Waals surface area contributed by atoms with E-state index in [-0.39, 0.29) is 0 Å². The number of nitrogens with zero attached hydrogens (tertiary/aromatic N) is 6. The van der Waals surface area contributed by atoms with Crippen molar-refractivity contribution in [1.29, 1.82) is 0 Å². The van der Waals surface area contributed by atoms with E-state index in [1.807, 2.05) is 42.5 Å². The van der Waals surface area contributed by atoms with Gasteiger partial charge in [-0.1, -0.05) is 30.3 Å². The van der Waals surface area contributed by atoms with Crippen LogP contribution in [-0.4, -0.2) is 35.1 Å². The first kappa shape index (κ1) is 15.3. The van der Waals surface area contributed by atoms with E-state index in [1.54, 1.807) is 30.9 Å². The van der Waals surface area contributed by atoms with Gasteiger partial charge in [-0.15, -0.1) is 0 Å². The maximum atomic E-state index is 4.65. The molecular weight excluding hydrogens is 338 g/mol. The average molecular weight is 351 g/mol. The molecule has 7 nitrogen and oxygen atoms in total. The van der Waals surface area contributed by atoms with Crippen LogP contribution in [0.3, 0.4) is 0 Å². The van der Waals surface area contributed by atoms with Crippen LogP contribution in [0.1, 0.15) is 0 Å². The summed E-state index contributed by atoms with van der Waals surface area (Å²) in [5, 5.41) is 6.92. The molecule has 4 aromatic heterocycles. The fourth-order valence-electron chi connectivity index (χ4n) is 2.81. The summed E-state index contributed by atoms with van der Waals surface area (Å²) in [6, 6.07) is 15.5. The van der Waals surface area contributed by atoms with Crippen LogP contribution in [0.5, 0.6) is 0 Å². The minimum Gasteiger partial charge on any atom is -0.278 e. The molecular formula is C20H13N7. The number of hydrogen-bond acceptors (Lipinski definition) is 6. The maximum Gasteiger partial charge on any atom is 0.178 e. The second-order valence-electron chi connectivity index (χ2n) is 5.92. The van der Waals surface area contributed by atoms with Crippen molar-refractivity contribution in [1.82, 2.24) is 35.1 Å². The standard InChI is InChI=1S/C20H13N7/c1-2-4-13(5-3-1)19-21-8-6-16(25-19)20-23-12-18-17(26-20)10-14(11-22-18)15-7-9-24-27-15/h1-12H,(H,24,27). The first-order valence-electron chi connectivity index (χ1n) is 8.38. The monoisotopic (exact) mass is 351 g/mol. The molecule has 27 heavy (non-hydrogen) atoms. The molecule has 0 atom stereocenters. The predicted molar refractivity (Wildman–Crippen MR) is 101 cm³/mol. The summed E-state index contributed by atoms with van der Waals surface area (Å²) in [6.07, 6.45) is 6.91. The van der Waals surface area contributed by atoms with Crippen LogP contribution in [0, 0.1) is 0 Å². The number of nitrogens with one attached hydrogen (secondary N) is 1.